The number of quaternary nitrogens is 1. The van der Waals surface area contributed by atoms with Crippen LogP contribution >= 0.6 is 11.3 Å². The Kier molecular flexibility index (Phi) is 7.31. The van der Waals surface area contributed by atoms with Crippen molar-refractivity contribution in [3.63, 3.8) is 0 Å². The van der Waals surface area contributed by atoms with E-state index in [1.807, 2.05) is 45.0 Å². The Balaban J connectivity index is 1.92. The smallest absolute Gasteiger partial charge is 0.341 e. The number of amides is 2. The van der Waals surface area contributed by atoms with Crippen molar-refractivity contribution in [2.75, 3.05) is 37.9 Å². The number of aryl methyl sites for hydroxylation is 2. The van der Waals surface area contributed by atoms with E-state index in [9.17, 15) is 14.4 Å². The number of anilines is 2. The Morgan fingerprint density at radius 1 is 1.00 bits per heavy atom. The molecule has 0 aliphatic rings. The molecule has 7 nitrogen and oxygen atoms in total. The molecule has 2 aromatic rings. The summed E-state index contributed by atoms with van der Waals surface area (Å²) in [6, 6.07) is 7.52. The zero-order chi connectivity index (χ0) is 20.8. The van der Waals surface area contributed by atoms with Crippen LogP contribution in [0.2, 0.25) is 0 Å². The maximum Gasteiger partial charge on any atom is 0.341 e. The highest BCUT2D eigenvalue weighted by atomic mass is 32.1. The van der Waals surface area contributed by atoms with Crippen LogP contribution in [-0.2, 0) is 14.3 Å². The quantitative estimate of drug-likeness (QED) is 0.611. The molecule has 2 rings (SSSR count). The molecule has 28 heavy (non-hydrogen) atoms. The summed E-state index contributed by atoms with van der Waals surface area (Å²) >= 11 is 1.34. The van der Waals surface area contributed by atoms with E-state index in [1.165, 1.54) is 18.4 Å². The fourth-order valence-electron chi connectivity index (χ4n) is 2.69. The van der Waals surface area contributed by atoms with Crippen molar-refractivity contribution in [1.29, 1.82) is 0 Å². The molecule has 0 aliphatic carbocycles. The zero-order valence-corrected chi connectivity index (χ0v) is 17.6. The normalized spacial score (nSPS) is 11.6. The van der Waals surface area contributed by atoms with E-state index in [1.54, 1.807) is 7.05 Å². The van der Waals surface area contributed by atoms with Gasteiger partial charge in [0.1, 0.15) is 5.00 Å². The van der Waals surface area contributed by atoms with Gasteiger partial charge in [0.25, 0.3) is 11.8 Å². The lowest BCUT2D eigenvalue weighted by Gasteiger charge is -2.14. The lowest BCUT2D eigenvalue weighted by molar-refractivity contribution is -0.862. The van der Waals surface area contributed by atoms with E-state index < -0.39 is 5.97 Å². The summed E-state index contributed by atoms with van der Waals surface area (Å²) < 4.78 is 4.81. The Morgan fingerprint density at radius 2 is 1.57 bits per heavy atom. The van der Waals surface area contributed by atoms with Gasteiger partial charge in [-0.3, -0.25) is 9.59 Å². The Morgan fingerprint density at radius 3 is 2.14 bits per heavy atom. The first-order valence-electron chi connectivity index (χ1n) is 8.87. The number of nitrogens with one attached hydrogen (secondary N) is 3. The van der Waals surface area contributed by atoms with Crippen molar-refractivity contribution in [2.45, 2.75) is 20.8 Å². The molecule has 1 aromatic heterocycles. The number of carbonyl (C=O) groups is 3. The number of likely N-dealkylation sites (N-methyl/N-ethyl adjacent to an activating group) is 1. The maximum atomic E-state index is 12.4. The second-order valence-corrected chi connectivity index (χ2v) is 7.98. The minimum atomic E-state index is -0.477. The Labute approximate surface area is 168 Å². The van der Waals surface area contributed by atoms with Crippen LogP contribution in [0, 0.1) is 20.8 Å². The first-order chi connectivity index (χ1) is 13.2. The second kappa shape index (κ2) is 9.48. The predicted octanol–water partition coefficient (Wildman–Crippen LogP) is 1.55. The van der Waals surface area contributed by atoms with Gasteiger partial charge in [-0.05, 0) is 38.5 Å². The van der Waals surface area contributed by atoms with E-state index in [2.05, 4.69) is 10.6 Å². The van der Waals surface area contributed by atoms with E-state index in [4.69, 9.17) is 4.74 Å². The first-order valence-corrected chi connectivity index (χ1v) is 9.69. The number of carbonyl (C=O) groups excluding carboxylic acids is 3. The van der Waals surface area contributed by atoms with Crippen molar-refractivity contribution in [3.8, 4) is 0 Å². The van der Waals surface area contributed by atoms with Crippen LogP contribution in [0.4, 0.5) is 10.7 Å². The molecule has 8 heteroatoms. The summed E-state index contributed by atoms with van der Waals surface area (Å²) in [5, 5.41) is 6.06. The minimum absolute atomic E-state index is 0.0952. The van der Waals surface area contributed by atoms with Gasteiger partial charge in [0.2, 0.25) is 0 Å². The molecular weight excluding hydrogens is 378 g/mol. The summed E-state index contributed by atoms with van der Waals surface area (Å²) in [5.74, 6) is -0.922. The van der Waals surface area contributed by atoms with Crippen LogP contribution in [0.25, 0.3) is 0 Å². The molecule has 0 aliphatic heterocycles. The number of rotatable bonds is 7. The van der Waals surface area contributed by atoms with Gasteiger partial charge in [0.15, 0.2) is 13.1 Å². The van der Waals surface area contributed by atoms with Gasteiger partial charge in [-0.1, -0.05) is 17.7 Å². The van der Waals surface area contributed by atoms with Gasteiger partial charge < -0.3 is 20.3 Å². The third kappa shape index (κ3) is 5.64. The van der Waals surface area contributed by atoms with Crippen LogP contribution < -0.4 is 15.5 Å². The third-order valence-electron chi connectivity index (χ3n) is 4.29. The molecule has 1 atom stereocenters. The number of hydrogen-bond donors (Lipinski definition) is 3. The van der Waals surface area contributed by atoms with Gasteiger partial charge in [-0.2, -0.15) is 0 Å². The molecule has 0 bridgehead atoms. The molecule has 0 saturated carbocycles. The fourth-order valence-corrected chi connectivity index (χ4v) is 3.75. The summed E-state index contributed by atoms with van der Waals surface area (Å²) in [5.41, 5.74) is 3.02. The van der Waals surface area contributed by atoms with Gasteiger partial charge in [0.05, 0.1) is 19.7 Å². The van der Waals surface area contributed by atoms with E-state index in [0.29, 0.717) is 10.6 Å². The highest BCUT2D eigenvalue weighted by Crippen LogP contribution is 2.32. The summed E-state index contributed by atoms with van der Waals surface area (Å²) in [4.78, 5) is 38.2. The van der Waals surface area contributed by atoms with Gasteiger partial charge in [-0.15, -0.1) is 11.3 Å². The van der Waals surface area contributed by atoms with Gasteiger partial charge in [0, 0.05) is 10.6 Å². The summed E-state index contributed by atoms with van der Waals surface area (Å²) in [7, 11) is 3.07. The van der Waals surface area contributed by atoms with E-state index in [0.717, 1.165) is 26.6 Å². The molecule has 1 heterocycles. The van der Waals surface area contributed by atoms with Crippen LogP contribution in [0.15, 0.2) is 24.3 Å². The largest absolute Gasteiger partial charge is 0.465 e. The van der Waals surface area contributed by atoms with Gasteiger partial charge in [-0.25, -0.2) is 4.79 Å². The zero-order valence-electron chi connectivity index (χ0n) is 16.8. The molecule has 0 spiro atoms. The predicted molar refractivity (Wildman–Crippen MR) is 110 cm³/mol. The Hall–Kier alpha value is -2.71. The van der Waals surface area contributed by atoms with Crippen LogP contribution in [0.3, 0.4) is 0 Å². The average Bonchev–Trinajstić information content (AvgIpc) is 2.89. The molecule has 1 unspecified atom stereocenters. The lowest BCUT2D eigenvalue weighted by atomic mass is 10.1. The fraction of sp³-hybridized carbons (Fsp3) is 0.350. The topological polar surface area (TPSA) is 88.9 Å². The summed E-state index contributed by atoms with van der Waals surface area (Å²) in [6.45, 7) is 5.92. The number of methoxy groups -OCH3 is 1. The highest BCUT2D eigenvalue weighted by molar-refractivity contribution is 7.16. The second-order valence-electron chi connectivity index (χ2n) is 6.75. The highest BCUT2D eigenvalue weighted by Gasteiger charge is 2.23. The number of thiophene rings is 1. The van der Waals surface area contributed by atoms with E-state index >= 15 is 0 Å². The number of esters is 1. The van der Waals surface area contributed by atoms with Crippen LogP contribution in [0.1, 0.15) is 26.4 Å². The maximum absolute atomic E-state index is 12.4. The van der Waals surface area contributed by atoms with Crippen molar-refractivity contribution < 1.29 is 24.0 Å². The van der Waals surface area contributed by atoms with Crippen molar-refractivity contribution in [3.05, 3.63) is 45.8 Å². The Bertz CT molecular complexity index is 874. The van der Waals surface area contributed by atoms with Gasteiger partial charge >= 0.3 is 5.97 Å². The third-order valence-corrected chi connectivity index (χ3v) is 5.41. The summed E-state index contributed by atoms with van der Waals surface area (Å²) in [6.07, 6.45) is 0. The lowest BCUT2D eigenvalue weighted by Crippen LogP contribution is -3.11. The van der Waals surface area contributed by atoms with E-state index in [-0.39, 0.29) is 24.9 Å². The molecule has 2 amide bonds. The van der Waals surface area contributed by atoms with Crippen molar-refractivity contribution in [1.82, 2.24) is 0 Å². The SMILES string of the molecule is COC(=O)c1c(NC(=O)C[NH+](C)CC(=O)Nc2ccc(C)cc2)sc(C)c1C. The monoisotopic (exact) mass is 404 g/mol. The van der Waals surface area contributed by atoms with Crippen molar-refractivity contribution in [2.24, 2.45) is 0 Å². The molecule has 1 aromatic carbocycles. The van der Waals surface area contributed by atoms with Crippen LogP contribution in [0.5, 0.6) is 0 Å². The number of benzene rings is 1. The average molecular weight is 405 g/mol. The molecule has 0 radical (unpaired) electrons. The number of ether oxygens (including phenoxy) is 1. The van der Waals surface area contributed by atoms with Crippen LogP contribution in [-0.4, -0.2) is 45.0 Å². The molecule has 3 N–H and O–H groups in total. The molecular formula is C20H26N3O4S+. The molecule has 0 fully saturated rings. The minimum Gasteiger partial charge on any atom is -0.465 e. The van der Waals surface area contributed by atoms with Crippen molar-refractivity contribution >= 4 is 39.8 Å². The molecule has 150 valence electrons. The molecule has 0 saturated heterocycles. The number of hydrogen-bond acceptors (Lipinski definition) is 5. The standard InChI is InChI=1S/C20H25N3O4S/c1-12-6-8-15(9-7-12)21-16(24)10-23(4)11-17(25)22-19-18(20(26)27-5)13(2)14(3)28-19/h6-9H,10-11H2,1-5H3,(H,21,24)(H,22,25)/p+1. The first kappa shape index (κ1) is 21.6.